The number of rotatable bonds is 3. The summed E-state index contributed by atoms with van der Waals surface area (Å²) >= 11 is 3.60. The summed E-state index contributed by atoms with van der Waals surface area (Å²) in [5.74, 6) is 0.889. The summed E-state index contributed by atoms with van der Waals surface area (Å²) in [7, 11) is 0. The predicted octanol–water partition coefficient (Wildman–Crippen LogP) is 2.99. The molecular weight excluding hydrogens is 312 g/mol. The molecule has 2 aliphatic carbocycles. The average molecular weight is 335 g/mol. The Balaban J connectivity index is 1.40. The third-order valence-corrected chi connectivity index (χ3v) is 6.12. The molecule has 4 rings (SSSR count). The first-order chi connectivity index (χ1) is 9.78. The van der Waals surface area contributed by atoms with E-state index in [1.54, 1.807) is 11.1 Å². The van der Waals surface area contributed by atoms with Crippen molar-refractivity contribution in [3.8, 4) is 0 Å². The van der Waals surface area contributed by atoms with Crippen molar-refractivity contribution >= 4 is 15.9 Å². The number of piperidine rings is 1. The van der Waals surface area contributed by atoms with E-state index in [-0.39, 0.29) is 0 Å². The summed E-state index contributed by atoms with van der Waals surface area (Å²) in [6.07, 6.45) is 6.65. The van der Waals surface area contributed by atoms with Crippen LogP contribution in [0.2, 0.25) is 0 Å². The van der Waals surface area contributed by atoms with Gasteiger partial charge in [0.05, 0.1) is 0 Å². The Morgan fingerprint density at radius 1 is 1.30 bits per heavy atom. The van der Waals surface area contributed by atoms with Crippen LogP contribution in [0.5, 0.6) is 0 Å². The van der Waals surface area contributed by atoms with Gasteiger partial charge in [-0.05, 0) is 80.9 Å². The van der Waals surface area contributed by atoms with Crippen LogP contribution in [0.25, 0.3) is 0 Å². The zero-order valence-corrected chi connectivity index (χ0v) is 13.5. The smallest absolute Gasteiger partial charge is 0.0178 e. The number of aryl methyl sites for hydroxylation is 1. The van der Waals surface area contributed by atoms with Crippen molar-refractivity contribution in [2.75, 3.05) is 19.6 Å². The van der Waals surface area contributed by atoms with Crippen molar-refractivity contribution in [1.82, 2.24) is 10.6 Å². The Labute approximate surface area is 129 Å². The van der Waals surface area contributed by atoms with Crippen molar-refractivity contribution in [3.63, 3.8) is 0 Å². The molecule has 1 aromatic carbocycles. The van der Waals surface area contributed by atoms with E-state index in [0.29, 0.717) is 5.41 Å². The molecule has 0 amide bonds. The normalized spacial score (nSPS) is 32.5. The molecule has 0 radical (unpaired) electrons. The minimum Gasteiger partial charge on any atom is -0.317 e. The maximum Gasteiger partial charge on any atom is 0.0178 e. The predicted molar refractivity (Wildman–Crippen MR) is 86.1 cm³/mol. The second-order valence-electron chi connectivity index (χ2n) is 6.82. The highest BCUT2D eigenvalue weighted by molar-refractivity contribution is 9.10. The molecule has 2 nitrogen and oxygen atoms in total. The van der Waals surface area contributed by atoms with E-state index in [1.165, 1.54) is 56.2 Å². The summed E-state index contributed by atoms with van der Waals surface area (Å²) in [6, 6.07) is 7.64. The highest BCUT2D eigenvalue weighted by Crippen LogP contribution is 2.57. The summed E-state index contributed by atoms with van der Waals surface area (Å²) in [5.41, 5.74) is 3.69. The molecule has 3 aliphatic rings. The zero-order chi connectivity index (χ0) is 13.6. The van der Waals surface area contributed by atoms with Crippen molar-refractivity contribution in [2.45, 2.75) is 43.6 Å². The Morgan fingerprint density at radius 3 is 3.00 bits per heavy atom. The maximum absolute atomic E-state index is 3.88. The van der Waals surface area contributed by atoms with Crippen molar-refractivity contribution in [2.24, 2.45) is 5.92 Å². The first-order valence-electron chi connectivity index (χ1n) is 8.01. The molecule has 1 aromatic rings. The SMILES string of the molecule is Brc1ccc2c(c1)CC[C@]21C[C@H]1NCC1CCNCC1. The quantitative estimate of drug-likeness (QED) is 0.887. The molecule has 1 heterocycles. The van der Waals surface area contributed by atoms with Gasteiger partial charge in [0, 0.05) is 15.9 Å². The van der Waals surface area contributed by atoms with Gasteiger partial charge in [-0.25, -0.2) is 0 Å². The fraction of sp³-hybridized carbons (Fsp3) is 0.647. The lowest BCUT2D eigenvalue weighted by Gasteiger charge is -2.23. The number of nitrogens with one attached hydrogen (secondary N) is 2. The standard InChI is InChI=1S/C17H23BrN2/c18-14-1-2-15-13(9-14)3-6-17(15)10-16(17)20-11-12-4-7-19-8-5-12/h1-2,9,12,16,19-20H,3-8,10-11H2/t16-,17+/m1/s1. The third kappa shape index (κ3) is 2.24. The molecule has 0 bridgehead atoms. The molecule has 1 spiro atoms. The Morgan fingerprint density at radius 2 is 2.15 bits per heavy atom. The number of halogens is 1. The van der Waals surface area contributed by atoms with Gasteiger partial charge in [-0.2, -0.15) is 0 Å². The van der Waals surface area contributed by atoms with E-state index in [9.17, 15) is 0 Å². The molecule has 108 valence electrons. The molecule has 1 saturated carbocycles. The van der Waals surface area contributed by atoms with Crippen LogP contribution in [0.15, 0.2) is 22.7 Å². The zero-order valence-electron chi connectivity index (χ0n) is 11.9. The largest absolute Gasteiger partial charge is 0.317 e. The molecular formula is C17H23BrN2. The van der Waals surface area contributed by atoms with Crippen LogP contribution < -0.4 is 10.6 Å². The fourth-order valence-electron chi connectivity index (χ4n) is 4.29. The van der Waals surface area contributed by atoms with Crippen LogP contribution >= 0.6 is 15.9 Å². The van der Waals surface area contributed by atoms with Crippen molar-refractivity contribution in [3.05, 3.63) is 33.8 Å². The fourth-order valence-corrected chi connectivity index (χ4v) is 4.70. The number of hydrogen-bond donors (Lipinski definition) is 2. The van der Waals surface area contributed by atoms with Crippen LogP contribution in [0.1, 0.15) is 36.8 Å². The van der Waals surface area contributed by atoms with Crippen LogP contribution in [0.3, 0.4) is 0 Å². The van der Waals surface area contributed by atoms with Gasteiger partial charge < -0.3 is 10.6 Å². The highest BCUT2D eigenvalue weighted by atomic mass is 79.9. The molecule has 3 heteroatoms. The van der Waals surface area contributed by atoms with Crippen LogP contribution in [-0.4, -0.2) is 25.7 Å². The van der Waals surface area contributed by atoms with E-state index in [1.807, 2.05) is 0 Å². The summed E-state index contributed by atoms with van der Waals surface area (Å²) in [4.78, 5) is 0. The third-order valence-electron chi connectivity index (χ3n) is 5.63. The first kappa shape index (κ1) is 13.3. The Hall–Kier alpha value is -0.380. The summed E-state index contributed by atoms with van der Waals surface area (Å²) in [5, 5.41) is 7.33. The highest BCUT2D eigenvalue weighted by Gasteiger charge is 2.57. The first-order valence-corrected chi connectivity index (χ1v) is 8.80. The summed E-state index contributed by atoms with van der Waals surface area (Å²) < 4.78 is 1.23. The Kier molecular flexibility index (Phi) is 3.40. The van der Waals surface area contributed by atoms with E-state index in [2.05, 4.69) is 44.8 Å². The maximum atomic E-state index is 3.88. The molecule has 20 heavy (non-hydrogen) atoms. The van der Waals surface area contributed by atoms with Gasteiger partial charge in [-0.1, -0.05) is 22.0 Å². The molecule has 2 fully saturated rings. The van der Waals surface area contributed by atoms with Crippen molar-refractivity contribution < 1.29 is 0 Å². The van der Waals surface area contributed by atoms with E-state index in [0.717, 1.165) is 12.0 Å². The molecule has 1 saturated heterocycles. The molecule has 1 aliphatic heterocycles. The monoisotopic (exact) mass is 334 g/mol. The number of hydrogen-bond acceptors (Lipinski definition) is 2. The minimum atomic E-state index is 0.489. The second-order valence-corrected chi connectivity index (χ2v) is 7.73. The van der Waals surface area contributed by atoms with Gasteiger partial charge in [-0.3, -0.25) is 0 Å². The van der Waals surface area contributed by atoms with E-state index >= 15 is 0 Å². The van der Waals surface area contributed by atoms with Gasteiger partial charge in [-0.15, -0.1) is 0 Å². The molecule has 2 N–H and O–H groups in total. The van der Waals surface area contributed by atoms with Crippen molar-refractivity contribution in [1.29, 1.82) is 0 Å². The average Bonchev–Trinajstić information content (AvgIpc) is 3.06. The Bertz CT molecular complexity index is 510. The second kappa shape index (κ2) is 5.11. The van der Waals surface area contributed by atoms with E-state index in [4.69, 9.17) is 0 Å². The lowest BCUT2D eigenvalue weighted by molar-refractivity contribution is 0.351. The van der Waals surface area contributed by atoms with E-state index < -0.39 is 0 Å². The van der Waals surface area contributed by atoms with Gasteiger partial charge in [0.1, 0.15) is 0 Å². The van der Waals surface area contributed by atoms with Gasteiger partial charge in [0.2, 0.25) is 0 Å². The van der Waals surface area contributed by atoms with Gasteiger partial charge >= 0.3 is 0 Å². The van der Waals surface area contributed by atoms with Crippen LogP contribution in [-0.2, 0) is 11.8 Å². The minimum absolute atomic E-state index is 0.489. The van der Waals surface area contributed by atoms with Gasteiger partial charge in [0.15, 0.2) is 0 Å². The van der Waals surface area contributed by atoms with Gasteiger partial charge in [0.25, 0.3) is 0 Å². The summed E-state index contributed by atoms with van der Waals surface area (Å²) in [6.45, 7) is 3.64. The molecule has 2 atom stereocenters. The lowest BCUT2D eigenvalue weighted by atomic mass is 9.96. The lowest BCUT2D eigenvalue weighted by Crippen LogP contribution is -2.35. The molecule has 0 unspecified atom stereocenters. The molecule has 0 aromatic heterocycles. The van der Waals surface area contributed by atoms with Crippen LogP contribution in [0.4, 0.5) is 0 Å². The number of fused-ring (bicyclic) bond motifs is 2. The topological polar surface area (TPSA) is 24.1 Å². The van der Waals surface area contributed by atoms with Crippen LogP contribution in [0, 0.1) is 5.92 Å². The number of benzene rings is 1.